The fraction of sp³-hybridized carbons (Fsp3) is 0.875. The van der Waals surface area contributed by atoms with Gasteiger partial charge in [0.1, 0.15) is 0 Å². The van der Waals surface area contributed by atoms with Crippen LogP contribution in [0, 0.1) is 5.92 Å². The third-order valence-electron chi connectivity index (χ3n) is 1.63. The molecule has 0 amide bonds. The number of rotatable bonds is 5. The summed E-state index contributed by atoms with van der Waals surface area (Å²) in [7, 11) is 0. The first kappa shape index (κ1) is 9.47. The van der Waals surface area contributed by atoms with Gasteiger partial charge in [0.15, 0.2) is 0 Å². The van der Waals surface area contributed by atoms with Crippen LogP contribution in [-0.4, -0.2) is 11.1 Å². The average molecular weight is 144 g/mol. The zero-order valence-electron chi connectivity index (χ0n) is 6.76. The van der Waals surface area contributed by atoms with Gasteiger partial charge in [-0.15, -0.1) is 0 Å². The van der Waals surface area contributed by atoms with Gasteiger partial charge in [-0.05, 0) is 12.3 Å². The van der Waals surface area contributed by atoms with E-state index < -0.39 is 5.97 Å². The van der Waals surface area contributed by atoms with E-state index in [1.165, 1.54) is 0 Å². The zero-order valence-corrected chi connectivity index (χ0v) is 6.76. The Kier molecular flexibility index (Phi) is 4.99. The molecule has 0 aromatic rings. The summed E-state index contributed by atoms with van der Waals surface area (Å²) in [5.74, 6) is -0.107. The topological polar surface area (TPSA) is 37.3 Å². The predicted molar refractivity (Wildman–Crippen MR) is 40.9 cm³/mol. The summed E-state index contributed by atoms with van der Waals surface area (Å²) in [6, 6.07) is 0. The SMILES string of the molecule is CCC[C@H](C)CCC(=O)O. The number of carboxylic acid groups (broad SMARTS) is 1. The van der Waals surface area contributed by atoms with Crippen LogP contribution in [0.4, 0.5) is 0 Å². The lowest BCUT2D eigenvalue weighted by atomic mass is 10.0. The van der Waals surface area contributed by atoms with Gasteiger partial charge in [-0.25, -0.2) is 0 Å². The summed E-state index contributed by atoms with van der Waals surface area (Å²) < 4.78 is 0. The summed E-state index contributed by atoms with van der Waals surface area (Å²) in [5, 5.41) is 8.33. The first-order valence-corrected chi connectivity index (χ1v) is 3.88. The molecule has 0 aliphatic carbocycles. The first-order valence-electron chi connectivity index (χ1n) is 3.88. The number of hydrogen-bond donors (Lipinski definition) is 1. The van der Waals surface area contributed by atoms with E-state index in [4.69, 9.17) is 5.11 Å². The minimum atomic E-state index is -0.678. The summed E-state index contributed by atoms with van der Waals surface area (Å²) >= 11 is 0. The van der Waals surface area contributed by atoms with Crippen molar-refractivity contribution in [1.82, 2.24) is 0 Å². The van der Waals surface area contributed by atoms with E-state index in [1.807, 2.05) is 0 Å². The van der Waals surface area contributed by atoms with Crippen molar-refractivity contribution < 1.29 is 9.90 Å². The Hall–Kier alpha value is -0.530. The molecule has 0 heterocycles. The van der Waals surface area contributed by atoms with Crippen LogP contribution in [0.5, 0.6) is 0 Å². The van der Waals surface area contributed by atoms with Crippen molar-refractivity contribution in [3.8, 4) is 0 Å². The highest BCUT2D eigenvalue weighted by atomic mass is 16.4. The Labute approximate surface area is 62.2 Å². The normalized spacial score (nSPS) is 13.0. The lowest BCUT2D eigenvalue weighted by Crippen LogP contribution is -2.00. The molecule has 0 spiro atoms. The molecule has 1 atom stereocenters. The maximum atomic E-state index is 10.1. The third-order valence-corrected chi connectivity index (χ3v) is 1.63. The van der Waals surface area contributed by atoms with Crippen LogP contribution in [0.2, 0.25) is 0 Å². The Balaban J connectivity index is 3.21. The Bertz CT molecular complexity index is 99.4. The van der Waals surface area contributed by atoms with Gasteiger partial charge < -0.3 is 5.11 Å². The molecule has 0 bridgehead atoms. The van der Waals surface area contributed by atoms with E-state index in [2.05, 4.69) is 13.8 Å². The minimum absolute atomic E-state index is 0.321. The summed E-state index contributed by atoms with van der Waals surface area (Å²) in [4.78, 5) is 10.1. The van der Waals surface area contributed by atoms with Crippen LogP contribution >= 0.6 is 0 Å². The van der Waals surface area contributed by atoms with Crippen LogP contribution in [-0.2, 0) is 4.79 Å². The van der Waals surface area contributed by atoms with Gasteiger partial charge in [-0.2, -0.15) is 0 Å². The number of carboxylic acids is 1. The third kappa shape index (κ3) is 5.60. The predicted octanol–water partition coefficient (Wildman–Crippen LogP) is 2.29. The number of aliphatic carboxylic acids is 1. The second kappa shape index (κ2) is 5.27. The van der Waals surface area contributed by atoms with E-state index in [0.29, 0.717) is 12.3 Å². The van der Waals surface area contributed by atoms with Gasteiger partial charge in [-0.3, -0.25) is 4.79 Å². The molecule has 10 heavy (non-hydrogen) atoms. The molecule has 0 rings (SSSR count). The zero-order chi connectivity index (χ0) is 7.98. The van der Waals surface area contributed by atoms with Gasteiger partial charge >= 0.3 is 5.97 Å². The molecule has 0 aromatic carbocycles. The van der Waals surface area contributed by atoms with Crippen LogP contribution in [0.25, 0.3) is 0 Å². The molecular weight excluding hydrogens is 128 g/mol. The van der Waals surface area contributed by atoms with Crippen LogP contribution in [0.1, 0.15) is 39.5 Å². The molecule has 60 valence electrons. The first-order chi connectivity index (χ1) is 4.66. The molecule has 0 radical (unpaired) electrons. The molecule has 2 heteroatoms. The van der Waals surface area contributed by atoms with Gasteiger partial charge in [0.25, 0.3) is 0 Å². The van der Waals surface area contributed by atoms with Crippen LogP contribution in [0.3, 0.4) is 0 Å². The monoisotopic (exact) mass is 144 g/mol. The molecule has 0 saturated heterocycles. The van der Waals surface area contributed by atoms with Gasteiger partial charge in [-0.1, -0.05) is 26.7 Å². The van der Waals surface area contributed by atoms with Crippen molar-refractivity contribution in [1.29, 1.82) is 0 Å². The molecule has 0 saturated carbocycles. The van der Waals surface area contributed by atoms with E-state index in [-0.39, 0.29) is 0 Å². The summed E-state index contributed by atoms with van der Waals surface area (Å²) in [6.07, 6.45) is 3.44. The van der Waals surface area contributed by atoms with Crippen LogP contribution in [0.15, 0.2) is 0 Å². The maximum absolute atomic E-state index is 10.1. The van der Waals surface area contributed by atoms with Crippen molar-refractivity contribution in [2.75, 3.05) is 0 Å². The fourth-order valence-electron chi connectivity index (χ4n) is 1.01. The van der Waals surface area contributed by atoms with E-state index in [1.54, 1.807) is 0 Å². The standard InChI is InChI=1S/C8H16O2/c1-3-4-7(2)5-6-8(9)10/h7H,3-6H2,1-2H3,(H,9,10)/t7-/m0/s1. The molecular formula is C8H16O2. The van der Waals surface area contributed by atoms with Crippen molar-refractivity contribution in [2.24, 2.45) is 5.92 Å². The highest BCUT2D eigenvalue weighted by molar-refractivity contribution is 5.66. The second-order valence-electron chi connectivity index (χ2n) is 2.83. The summed E-state index contributed by atoms with van der Waals surface area (Å²) in [5.41, 5.74) is 0. The quantitative estimate of drug-likeness (QED) is 0.642. The Morgan fingerprint density at radius 3 is 2.50 bits per heavy atom. The molecule has 0 aromatic heterocycles. The number of carbonyl (C=O) groups is 1. The summed E-state index contributed by atoms with van der Waals surface area (Å²) in [6.45, 7) is 4.23. The second-order valence-corrected chi connectivity index (χ2v) is 2.83. The van der Waals surface area contributed by atoms with E-state index in [9.17, 15) is 4.79 Å². The Morgan fingerprint density at radius 1 is 1.50 bits per heavy atom. The lowest BCUT2D eigenvalue weighted by Gasteiger charge is -2.06. The molecule has 1 N–H and O–H groups in total. The van der Waals surface area contributed by atoms with Crippen molar-refractivity contribution in [3.63, 3.8) is 0 Å². The maximum Gasteiger partial charge on any atom is 0.303 e. The molecule has 0 fully saturated rings. The lowest BCUT2D eigenvalue weighted by molar-refractivity contribution is -0.137. The van der Waals surface area contributed by atoms with E-state index in [0.717, 1.165) is 19.3 Å². The van der Waals surface area contributed by atoms with Gasteiger partial charge in [0.05, 0.1) is 0 Å². The molecule has 0 unspecified atom stereocenters. The largest absolute Gasteiger partial charge is 0.481 e. The van der Waals surface area contributed by atoms with Gasteiger partial charge in [0, 0.05) is 6.42 Å². The van der Waals surface area contributed by atoms with Gasteiger partial charge in [0.2, 0.25) is 0 Å². The highest BCUT2D eigenvalue weighted by Gasteiger charge is 2.03. The average Bonchev–Trinajstić information content (AvgIpc) is 1.85. The molecule has 0 aliphatic heterocycles. The molecule has 0 aliphatic rings. The fourth-order valence-corrected chi connectivity index (χ4v) is 1.01. The van der Waals surface area contributed by atoms with Crippen molar-refractivity contribution in [2.45, 2.75) is 39.5 Å². The van der Waals surface area contributed by atoms with Crippen molar-refractivity contribution in [3.05, 3.63) is 0 Å². The highest BCUT2D eigenvalue weighted by Crippen LogP contribution is 2.11. The smallest absolute Gasteiger partial charge is 0.303 e. The number of hydrogen-bond acceptors (Lipinski definition) is 1. The molecule has 2 nitrogen and oxygen atoms in total. The minimum Gasteiger partial charge on any atom is -0.481 e. The van der Waals surface area contributed by atoms with Crippen molar-refractivity contribution >= 4 is 5.97 Å². The van der Waals surface area contributed by atoms with E-state index >= 15 is 0 Å². The Morgan fingerprint density at radius 2 is 2.10 bits per heavy atom. The van der Waals surface area contributed by atoms with Crippen LogP contribution < -0.4 is 0 Å².